The number of rotatable bonds is 7. The molecule has 0 aliphatic carbocycles. The average molecular weight is 397 g/mol. The second-order valence-electron chi connectivity index (χ2n) is 4.63. The van der Waals surface area contributed by atoms with Gasteiger partial charge in [-0.25, -0.2) is 0 Å². The molecule has 0 saturated carbocycles. The number of hydrogen-bond acceptors (Lipinski definition) is 3. The Labute approximate surface area is 132 Å². The summed E-state index contributed by atoms with van der Waals surface area (Å²) in [5.41, 5.74) is -0.717. The fourth-order valence-electron chi connectivity index (χ4n) is 1.23. The van der Waals surface area contributed by atoms with E-state index in [-0.39, 0.29) is 0 Å². The molecule has 14 heteroatoms. The first-order chi connectivity index (χ1) is 10.8. The molecule has 0 unspecified atom stereocenters. The van der Waals surface area contributed by atoms with Crippen molar-refractivity contribution in [3.05, 3.63) is 11.6 Å². The maximum atomic E-state index is 13.2. The molecule has 0 aromatic carbocycles. The van der Waals surface area contributed by atoms with Crippen LogP contribution in [0.5, 0.6) is 0 Å². The molecule has 3 nitrogen and oxygen atoms in total. The lowest BCUT2D eigenvalue weighted by molar-refractivity contribution is -0.503. The topological polar surface area (TPSA) is 49.4 Å². The van der Waals surface area contributed by atoms with Gasteiger partial charge in [0.2, 0.25) is 0 Å². The normalized spacial score (nSPS) is 15.4. The number of alkyl halides is 11. The van der Waals surface area contributed by atoms with Crippen molar-refractivity contribution in [2.75, 3.05) is 0 Å². The lowest BCUT2D eigenvalue weighted by Gasteiger charge is -2.35. The van der Waals surface area contributed by atoms with Gasteiger partial charge in [-0.15, -0.1) is 0 Å². The van der Waals surface area contributed by atoms with Gasteiger partial charge in [0.25, 0.3) is 0 Å². The Balaban J connectivity index is 5.51. The van der Waals surface area contributed by atoms with Crippen LogP contribution in [-0.2, 0) is 9.53 Å². The Bertz CT molecular complexity index is 504. The molecule has 0 aromatic rings. The van der Waals surface area contributed by atoms with E-state index >= 15 is 0 Å². The van der Waals surface area contributed by atoms with Gasteiger partial charge in [0.1, 0.15) is 0 Å². The second kappa shape index (κ2) is 6.96. The summed E-state index contributed by atoms with van der Waals surface area (Å²) in [6.07, 6.45) is -23.7. The highest BCUT2D eigenvalue weighted by atomic mass is 19.4. The highest BCUT2D eigenvalue weighted by Crippen LogP contribution is 2.52. The quantitative estimate of drug-likeness (QED) is 0.488. The Morgan fingerprint density at radius 1 is 0.920 bits per heavy atom. The van der Waals surface area contributed by atoms with Crippen LogP contribution in [0.15, 0.2) is 11.6 Å². The van der Waals surface area contributed by atoms with Crippen LogP contribution in [0.3, 0.4) is 0 Å². The van der Waals surface area contributed by atoms with E-state index in [1.54, 1.807) is 0 Å². The molecular formula is C11H8F11O3-. The summed E-state index contributed by atoms with van der Waals surface area (Å²) in [5, 5.41) is 10.2. The fourth-order valence-corrected chi connectivity index (χ4v) is 1.23. The zero-order valence-electron chi connectivity index (χ0n) is 11.9. The number of aliphatic carboxylic acids is 1. The first-order valence-corrected chi connectivity index (χ1v) is 5.95. The van der Waals surface area contributed by atoms with Crippen LogP contribution in [-0.4, -0.2) is 36.2 Å². The Morgan fingerprint density at radius 2 is 1.32 bits per heavy atom. The van der Waals surface area contributed by atoms with Crippen molar-refractivity contribution in [1.29, 1.82) is 0 Å². The summed E-state index contributed by atoms with van der Waals surface area (Å²) in [6.45, 7) is 0.794. The van der Waals surface area contributed by atoms with Gasteiger partial charge in [-0.1, -0.05) is 6.08 Å². The van der Waals surface area contributed by atoms with Crippen molar-refractivity contribution in [3.8, 4) is 0 Å². The Morgan fingerprint density at radius 3 is 1.64 bits per heavy atom. The number of carbonyl (C=O) groups excluding carboxylic acids is 1. The number of carbonyl (C=O) groups is 1. The van der Waals surface area contributed by atoms with Crippen LogP contribution >= 0.6 is 0 Å². The molecule has 0 atom stereocenters. The van der Waals surface area contributed by atoms with Crippen molar-refractivity contribution >= 4 is 5.97 Å². The van der Waals surface area contributed by atoms with Crippen LogP contribution in [0.2, 0.25) is 0 Å². The zero-order chi connectivity index (χ0) is 20.5. The molecule has 0 aliphatic heterocycles. The third-order valence-electron chi connectivity index (χ3n) is 2.65. The number of allylic oxidation sites excluding steroid dienone is 1. The molecule has 0 aliphatic rings. The molecule has 0 aromatic heterocycles. The molecule has 0 bridgehead atoms. The third kappa shape index (κ3) is 5.19. The van der Waals surface area contributed by atoms with Crippen LogP contribution < -0.4 is 5.11 Å². The van der Waals surface area contributed by atoms with Gasteiger partial charge in [-0.05, 0) is 18.9 Å². The van der Waals surface area contributed by atoms with E-state index in [4.69, 9.17) is 0 Å². The smallest absolute Gasteiger partial charge is 0.458 e. The summed E-state index contributed by atoms with van der Waals surface area (Å²) in [6, 6.07) is 0. The van der Waals surface area contributed by atoms with Gasteiger partial charge in [0, 0.05) is 6.42 Å². The second-order valence-corrected chi connectivity index (χ2v) is 4.63. The van der Waals surface area contributed by atoms with Crippen molar-refractivity contribution in [3.63, 3.8) is 0 Å². The molecule has 0 spiro atoms. The highest BCUT2D eigenvalue weighted by molar-refractivity contribution is 5.83. The van der Waals surface area contributed by atoms with E-state index in [9.17, 15) is 58.2 Å². The van der Waals surface area contributed by atoms with E-state index in [0.29, 0.717) is 6.08 Å². The summed E-state index contributed by atoms with van der Waals surface area (Å²) in [4.78, 5) is 10.2. The monoisotopic (exact) mass is 397 g/mol. The third-order valence-corrected chi connectivity index (χ3v) is 2.65. The fraction of sp³-hybridized carbons (Fsp3) is 0.727. The largest absolute Gasteiger partial charge is 0.545 e. The SMILES string of the molecule is CC(=CCCC(F)(F)C(F)(F)OC(F)(C(F)(F)F)C(F)(F)F)C(=O)[O-]. The minimum atomic E-state index is -7.13. The lowest BCUT2D eigenvalue weighted by atomic mass is 10.1. The van der Waals surface area contributed by atoms with Crippen LogP contribution in [0, 0.1) is 0 Å². The zero-order valence-corrected chi connectivity index (χ0v) is 11.9. The number of ether oxygens (including phenoxy) is 1. The van der Waals surface area contributed by atoms with E-state index in [2.05, 4.69) is 0 Å². The number of carboxylic acid groups (broad SMARTS) is 1. The summed E-state index contributed by atoms with van der Waals surface area (Å²) in [7, 11) is 0. The predicted molar refractivity (Wildman–Crippen MR) is 54.9 cm³/mol. The lowest BCUT2D eigenvalue weighted by Crippen LogP contribution is -2.61. The molecule has 148 valence electrons. The van der Waals surface area contributed by atoms with Crippen molar-refractivity contribution in [2.45, 2.75) is 50.0 Å². The van der Waals surface area contributed by atoms with Gasteiger partial charge in [-0.3, -0.25) is 4.74 Å². The van der Waals surface area contributed by atoms with Crippen LogP contribution in [0.4, 0.5) is 48.3 Å². The molecule has 0 rings (SSSR count). The maximum Gasteiger partial charge on any atom is 0.458 e. The molecule has 0 N–H and O–H groups in total. The van der Waals surface area contributed by atoms with Gasteiger partial charge < -0.3 is 9.90 Å². The van der Waals surface area contributed by atoms with Gasteiger partial charge >= 0.3 is 30.2 Å². The van der Waals surface area contributed by atoms with Gasteiger partial charge in [0.15, 0.2) is 0 Å². The van der Waals surface area contributed by atoms with E-state index in [0.717, 1.165) is 6.92 Å². The molecule has 0 amide bonds. The number of hydrogen-bond donors (Lipinski definition) is 0. The van der Waals surface area contributed by atoms with E-state index < -0.39 is 54.6 Å². The maximum absolute atomic E-state index is 13.2. The molecule has 0 saturated heterocycles. The minimum absolute atomic E-state index is 0.398. The highest BCUT2D eigenvalue weighted by Gasteiger charge is 2.79. The van der Waals surface area contributed by atoms with Crippen LogP contribution in [0.25, 0.3) is 0 Å². The number of carboxylic acids is 1. The molecular weight excluding hydrogens is 389 g/mol. The van der Waals surface area contributed by atoms with Gasteiger partial charge in [0.05, 0.1) is 5.97 Å². The van der Waals surface area contributed by atoms with E-state index in [1.807, 2.05) is 4.74 Å². The molecule has 0 radical (unpaired) electrons. The molecule has 0 fully saturated rings. The number of halogens is 11. The van der Waals surface area contributed by atoms with E-state index in [1.165, 1.54) is 0 Å². The average Bonchev–Trinajstić information content (AvgIpc) is 2.34. The summed E-state index contributed by atoms with van der Waals surface area (Å²) < 4.78 is 140. The Kier molecular flexibility index (Phi) is 6.51. The first kappa shape index (κ1) is 23.4. The van der Waals surface area contributed by atoms with Crippen LogP contribution in [0.1, 0.15) is 19.8 Å². The summed E-state index contributed by atoms with van der Waals surface area (Å²) >= 11 is 0. The van der Waals surface area contributed by atoms with Crippen molar-refractivity contribution < 1.29 is 62.9 Å². The predicted octanol–water partition coefficient (Wildman–Crippen LogP) is 3.50. The van der Waals surface area contributed by atoms with Crippen molar-refractivity contribution in [1.82, 2.24) is 0 Å². The Hall–Kier alpha value is -1.60. The molecule has 25 heavy (non-hydrogen) atoms. The first-order valence-electron chi connectivity index (χ1n) is 5.95. The minimum Gasteiger partial charge on any atom is -0.545 e. The van der Waals surface area contributed by atoms with Gasteiger partial charge in [-0.2, -0.15) is 48.3 Å². The standard InChI is InChI=1S/C11H9F11O3/c1-5(6(23)24)3-2-4-7(12,13)11(21,22)25-8(14,9(15,16)17)10(18,19)20/h3H,2,4H2,1H3,(H,23,24)/p-1. The molecule has 0 heterocycles. The summed E-state index contributed by atoms with van der Waals surface area (Å²) in [5.74, 6) is -14.6. The van der Waals surface area contributed by atoms with Crippen molar-refractivity contribution in [2.24, 2.45) is 0 Å².